The first-order valence-electron chi connectivity index (χ1n) is 3.60. The van der Waals surface area contributed by atoms with Crippen molar-refractivity contribution in [3.8, 4) is 0 Å². The summed E-state index contributed by atoms with van der Waals surface area (Å²) in [4.78, 5) is 4.11. The van der Waals surface area contributed by atoms with Gasteiger partial charge in [0.25, 0.3) is 0 Å². The predicted molar refractivity (Wildman–Crippen MR) is 46.5 cm³/mol. The Morgan fingerprint density at radius 3 is 3.00 bits per heavy atom. The van der Waals surface area contributed by atoms with Crippen molar-refractivity contribution in [2.75, 3.05) is 5.32 Å². The number of imidazole rings is 1. The fourth-order valence-electron chi connectivity index (χ4n) is 0.767. The quantitative estimate of drug-likeness (QED) is 0.662. The van der Waals surface area contributed by atoms with E-state index in [2.05, 4.69) is 16.9 Å². The minimum atomic E-state index is 0.260. The van der Waals surface area contributed by atoms with E-state index in [1.807, 2.05) is 30.8 Å². The molecular weight excluding hydrogens is 138 g/mol. The second-order valence-electron chi connectivity index (χ2n) is 2.53. The third-order valence-electron chi connectivity index (χ3n) is 1.53. The minimum Gasteiger partial charge on any atom is -0.350 e. The highest BCUT2D eigenvalue weighted by Crippen LogP contribution is 2.02. The molecule has 1 rings (SSSR count). The number of hydrogen-bond acceptors (Lipinski definition) is 2. The van der Waals surface area contributed by atoms with Crippen molar-refractivity contribution >= 4 is 5.95 Å². The smallest absolute Gasteiger partial charge is 0.202 e. The zero-order valence-electron chi connectivity index (χ0n) is 6.91. The lowest BCUT2D eigenvalue weighted by Crippen LogP contribution is -2.14. The molecule has 0 fully saturated rings. The molecule has 0 saturated heterocycles. The lowest BCUT2D eigenvalue weighted by molar-refractivity contribution is 0.873. The van der Waals surface area contributed by atoms with Crippen LogP contribution in [0.2, 0.25) is 0 Å². The van der Waals surface area contributed by atoms with Crippen molar-refractivity contribution in [1.82, 2.24) is 9.55 Å². The first-order valence-corrected chi connectivity index (χ1v) is 3.60. The molecule has 1 aromatic rings. The second kappa shape index (κ2) is 3.23. The lowest BCUT2D eigenvalue weighted by Gasteiger charge is -2.09. The molecule has 0 amide bonds. The molecule has 0 radical (unpaired) electrons. The Morgan fingerprint density at radius 1 is 1.82 bits per heavy atom. The van der Waals surface area contributed by atoms with Gasteiger partial charge in [-0.1, -0.05) is 6.08 Å². The molecule has 1 atom stereocenters. The maximum absolute atomic E-state index is 4.11. The molecule has 60 valence electrons. The van der Waals surface area contributed by atoms with Crippen molar-refractivity contribution < 1.29 is 0 Å². The van der Waals surface area contributed by atoms with Gasteiger partial charge in [0.2, 0.25) is 5.95 Å². The molecule has 11 heavy (non-hydrogen) atoms. The van der Waals surface area contributed by atoms with Crippen molar-refractivity contribution in [3.05, 3.63) is 25.0 Å². The molecule has 0 aliphatic rings. The van der Waals surface area contributed by atoms with Crippen LogP contribution in [-0.4, -0.2) is 15.6 Å². The van der Waals surface area contributed by atoms with Gasteiger partial charge >= 0.3 is 0 Å². The molecule has 1 unspecified atom stereocenters. The molecule has 1 aromatic heterocycles. The molecule has 1 heterocycles. The van der Waals surface area contributed by atoms with Gasteiger partial charge in [-0.15, -0.1) is 6.58 Å². The van der Waals surface area contributed by atoms with Crippen LogP contribution in [0.5, 0.6) is 0 Å². The monoisotopic (exact) mass is 151 g/mol. The number of nitrogens with zero attached hydrogens (tertiary/aromatic N) is 2. The number of nitrogens with one attached hydrogen (secondary N) is 1. The standard InChI is InChI=1S/C8H13N3/c1-4-7(2)10-8-9-5-6-11(8)3/h4-7H,1H2,2-3H3,(H,9,10). The van der Waals surface area contributed by atoms with Crippen LogP contribution in [0.4, 0.5) is 5.95 Å². The largest absolute Gasteiger partial charge is 0.350 e. The maximum atomic E-state index is 4.11. The van der Waals surface area contributed by atoms with Crippen LogP contribution in [0, 0.1) is 0 Å². The van der Waals surface area contributed by atoms with Gasteiger partial charge in [0.05, 0.1) is 0 Å². The van der Waals surface area contributed by atoms with Gasteiger partial charge in [0.15, 0.2) is 0 Å². The van der Waals surface area contributed by atoms with Gasteiger partial charge < -0.3 is 9.88 Å². The van der Waals surface area contributed by atoms with Crippen LogP contribution in [0.25, 0.3) is 0 Å². The summed E-state index contributed by atoms with van der Waals surface area (Å²) in [5.74, 6) is 0.873. The maximum Gasteiger partial charge on any atom is 0.202 e. The number of hydrogen-bond donors (Lipinski definition) is 1. The molecule has 0 bridgehead atoms. The van der Waals surface area contributed by atoms with Gasteiger partial charge in [-0.05, 0) is 6.92 Å². The normalized spacial score (nSPS) is 12.5. The third-order valence-corrected chi connectivity index (χ3v) is 1.53. The average molecular weight is 151 g/mol. The number of anilines is 1. The molecule has 0 saturated carbocycles. The summed E-state index contributed by atoms with van der Waals surface area (Å²) >= 11 is 0. The Kier molecular flexibility index (Phi) is 2.31. The number of rotatable bonds is 3. The Labute approximate surface area is 66.8 Å². The molecule has 0 aliphatic heterocycles. The molecule has 0 spiro atoms. The van der Waals surface area contributed by atoms with E-state index in [-0.39, 0.29) is 6.04 Å². The zero-order chi connectivity index (χ0) is 8.27. The zero-order valence-corrected chi connectivity index (χ0v) is 6.91. The highest BCUT2D eigenvalue weighted by atomic mass is 15.2. The highest BCUT2D eigenvalue weighted by Gasteiger charge is 1.99. The van der Waals surface area contributed by atoms with Crippen molar-refractivity contribution in [2.24, 2.45) is 7.05 Å². The van der Waals surface area contributed by atoms with Crippen molar-refractivity contribution in [3.63, 3.8) is 0 Å². The lowest BCUT2D eigenvalue weighted by atomic mass is 10.3. The van der Waals surface area contributed by atoms with Gasteiger partial charge in [-0.25, -0.2) is 4.98 Å². The number of aromatic nitrogens is 2. The summed E-state index contributed by atoms with van der Waals surface area (Å²) in [5, 5.41) is 3.17. The molecule has 3 nitrogen and oxygen atoms in total. The molecule has 0 aromatic carbocycles. The van der Waals surface area contributed by atoms with Crippen LogP contribution in [0.3, 0.4) is 0 Å². The summed E-state index contributed by atoms with van der Waals surface area (Å²) < 4.78 is 1.93. The SMILES string of the molecule is C=CC(C)Nc1nccn1C. The van der Waals surface area contributed by atoms with Crippen LogP contribution in [0.15, 0.2) is 25.0 Å². The fourth-order valence-corrected chi connectivity index (χ4v) is 0.767. The van der Waals surface area contributed by atoms with Gasteiger partial charge in [-0.3, -0.25) is 0 Å². The van der Waals surface area contributed by atoms with E-state index in [0.717, 1.165) is 5.95 Å². The summed E-state index contributed by atoms with van der Waals surface area (Å²) in [5.41, 5.74) is 0. The van der Waals surface area contributed by atoms with E-state index in [1.54, 1.807) is 6.20 Å². The second-order valence-corrected chi connectivity index (χ2v) is 2.53. The van der Waals surface area contributed by atoms with E-state index >= 15 is 0 Å². The number of aryl methyl sites for hydroxylation is 1. The Balaban J connectivity index is 2.63. The predicted octanol–water partition coefficient (Wildman–Crippen LogP) is 1.41. The molecule has 3 heteroatoms. The topological polar surface area (TPSA) is 29.9 Å². The first-order chi connectivity index (χ1) is 5.24. The van der Waals surface area contributed by atoms with Gasteiger partial charge in [0.1, 0.15) is 0 Å². The van der Waals surface area contributed by atoms with E-state index in [0.29, 0.717) is 0 Å². The average Bonchev–Trinajstić information content (AvgIpc) is 2.37. The molecule has 1 N–H and O–H groups in total. The van der Waals surface area contributed by atoms with Crippen molar-refractivity contribution in [2.45, 2.75) is 13.0 Å². The summed E-state index contributed by atoms with van der Waals surface area (Å²) in [6, 6.07) is 0.260. The Morgan fingerprint density at radius 2 is 2.55 bits per heavy atom. The third kappa shape index (κ3) is 1.83. The summed E-state index contributed by atoms with van der Waals surface area (Å²) in [6.07, 6.45) is 5.50. The molecular formula is C8H13N3. The summed E-state index contributed by atoms with van der Waals surface area (Å²) in [7, 11) is 1.95. The van der Waals surface area contributed by atoms with Crippen LogP contribution in [0.1, 0.15) is 6.92 Å². The van der Waals surface area contributed by atoms with E-state index in [1.165, 1.54) is 0 Å². The van der Waals surface area contributed by atoms with E-state index < -0.39 is 0 Å². The van der Waals surface area contributed by atoms with Gasteiger partial charge in [0, 0.05) is 25.5 Å². The highest BCUT2D eigenvalue weighted by molar-refractivity contribution is 5.28. The Hall–Kier alpha value is -1.25. The van der Waals surface area contributed by atoms with Crippen LogP contribution in [-0.2, 0) is 7.05 Å². The van der Waals surface area contributed by atoms with E-state index in [4.69, 9.17) is 0 Å². The van der Waals surface area contributed by atoms with Crippen LogP contribution < -0.4 is 5.32 Å². The van der Waals surface area contributed by atoms with Crippen LogP contribution >= 0.6 is 0 Å². The fraction of sp³-hybridized carbons (Fsp3) is 0.375. The Bertz CT molecular complexity index is 239. The first kappa shape index (κ1) is 7.85. The minimum absolute atomic E-state index is 0.260. The van der Waals surface area contributed by atoms with Crippen molar-refractivity contribution in [1.29, 1.82) is 0 Å². The van der Waals surface area contributed by atoms with E-state index in [9.17, 15) is 0 Å². The summed E-state index contributed by atoms with van der Waals surface area (Å²) in [6.45, 7) is 5.70. The van der Waals surface area contributed by atoms with Gasteiger partial charge in [-0.2, -0.15) is 0 Å². The molecule has 0 aliphatic carbocycles.